The van der Waals surface area contributed by atoms with Crippen LogP contribution in [-0.2, 0) is 14.3 Å². The van der Waals surface area contributed by atoms with Crippen molar-refractivity contribution >= 4 is 5.91 Å². The number of carbonyl (C=O) groups is 1. The van der Waals surface area contributed by atoms with E-state index in [-0.39, 0.29) is 13.0 Å². The smallest absolute Gasteiger partial charge is 0.375 e. The maximum atomic E-state index is 15.6. The second kappa shape index (κ2) is 11.0. The molecule has 0 saturated carbocycles. The minimum Gasteiger partial charge on any atom is -0.375 e. The molecule has 1 amide bonds. The summed E-state index contributed by atoms with van der Waals surface area (Å²) < 4.78 is 121. The van der Waals surface area contributed by atoms with Gasteiger partial charge in [-0.25, -0.2) is 8.78 Å². The first-order valence-electron chi connectivity index (χ1n) is 11.1. The third-order valence-corrected chi connectivity index (χ3v) is 5.79. The molecule has 0 fully saturated rings. The van der Waals surface area contributed by atoms with E-state index in [1.165, 1.54) is 13.8 Å². The second-order valence-corrected chi connectivity index (χ2v) is 10.9. The number of hydrogen-bond acceptors (Lipinski definition) is 4. The average molecular weight is 531 g/mol. The van der Waals surface area contributed by atoms with Crippen LogP contribution in [-0.4, -0.2) is 66.1 Å². The van der Waals surface area contributed by atoms with E-state index in [1.807, 2.05) is 5.32 Å². The molecule has 13 heteroatoms. The van der Waals surface area contributed by atoms with Gasteiger partial charge in [-0.05, 0) is 74.8 Å². The lowest BCUT2D eigenvalue weighted by Crippen LogP contribution is -2.68. The summed E-state index contributed by atoms with van der Waals surface area (Å²) in [6, 6.07) is 0. The molecule has 0 radical (unpaired) electrons. The lowest BCUT2D eigenvalue weighted by Gasteiger charge is -2.42. The quantitative estimate of drug-likeness (QED) is 0.313. The van der Waals surface area contributed by atoms with Crippen molar-refractivity contribution in [2.24, 2.45) is 11.7 Å². The molecule has 0 aromatic carbocycles. The molecule has 35 heavy (non-hydrogen) atoms. The van der Waals surface area contributed by atoms with Crippen molar-refractivity contribution in [2.75, 3.05) is 19.8 Å². The maximum Gasteiger partial charge on any atom is 0.434 e. The van der Waals surface area contributed by atoms with Crippen LogP contribution in [0.1, 0.15) is 68.2 Å². The molecular weight excluding hydrogens is 492 g/mol. The van der Waals surface area contributed by atoms with Gasteiger partial charge < -0.3 is 20.5 Å². The van der Waals surface area contributed by atoms with E-state index in [0.717, 1.165) is 0 Å². The van der Waals surface area contributed by atoms with Crippen molar-refractivity contribution in [2.45, 2.75) is 109 Å². The van der Waals surface area contributed by atoms with E-state index in [2.05, 4.69) is 4.74 Å². The topological polar surface area (TPSA) is 73.6 Å². The molecular formula is C22H38F8N2O3. The zero-order valence-corrected chi connectivity index (χ0v) is 21.4. The fourth-order valence-electron chi connectivity index (χ4n) is 3.27. The average Bonchev–Trinajstić information content (AvgIpc) is 2.56. The number of alkyl halides is 8. The number of carbonyl (C=O) groups excluding carboxylic acids is 1. The van der Waals surface area contributed by atoms with Gasteiger partial charge >= 0.3 is 18.0 Å². The SMILES string of the molecule is CC(C)(CCOC(C)(C)CCN)NC(=O)C(F)(C(F)(F)F)C(C)(C)OCC(C(C)(C)F)C(F)(F)F. The second-order valence-electron chi connectivity index (χ2n) is 10.9. The fourth-order valence-corrected chi connectivity index (χ4v) is 3.27. The molecule has 3 N–H and O–H groups in total. The van der Waals surface area contributed by atoms with Gasteiger partial charge in [0, 0.05) is 12.1 Å². The highest BCUT2D eigenvalue weighted by Gasteiger charge is 2.71. The summed E-state index contributed by atoms with van der Waals surface area (Å²) in [6.45, 7) is 6.96. The summed E-state index contributed by atoms with van der Waals surface area (Å²) in [4.78, 5) is 12.6. The van der Waals surface area contributed by atoms with E-state index in [9.17, 15) is 35.5 Å². The third kappa shape index (κ3) is 9.31. The monoisotopic (exact) mass is 530 g/mol. The Morgan fingerprint density at radius 1 is 0.829 bits per heavy atom. The summed E-state index contributed by atoms with van der Waals surface area (Å²) in [5, 5.41) is 1.96. The van der Waals surface area contributed by atoms with Crippen molar-refractivity contribution < 1.29 is 49.4 Å². The highest BCUT2D eigenvalue weighted by molar-refractivity contribution is 5.88. The number of amides is 1. The van der Waals surface area contributed by atoms with E-state index >= 15 is 4.39 Å². The standard InChI is InChI=1S/C22H38F8N2O3/c1-16(2,10-12-34-17(3,4)9-11-31)32-15(33)20(24,22(28,29)30)19(7,8)35-13-14(18(5,6)23)21(25,26)27/h14H,9-13,31H2,1-8H3,(H,32,33). The predicted molar refractivity (Wildman–Crippen MR) is 115 cm³/mol. The Bertz CT molecular complexity index is 686. The number of hydrogen-bond donors (Lipinski definition) is 2. The Morgan fingerprint density at radius 2 is 1.31 bits per heavy atom. The summed E-state index contributed by atoms with van der Waals surface area (Å²) in [6.07, 6.45) is -10.6. The number of halogens is 8. The maximum absolute atomic E-state index is 15.6. The molecule has 0 bridgehead atoms. The molecule has 0 heterocycles. The lowest BCUT2D eigenvalue weighted by atomic mass is 9.84. The summed E-state index contributed by atoms with van der Waals surface area (Å²) in [7, 11) is 0. The van der Waals surface area contributed by atoms with E-state index in [4.69, 9.17) is 10.5 Å². The molecule has 0 saturated heterocycles. The van der Waals surface area contributed by atoms with Gasteiger partial charge in [-0.15, -0.1) is 0 Å². The van der Waals surface area contributed by atoms with Crippen LogP contribution in [0.15, 0.2) is 0 Å². The zero-order chi connectivity index (χ0) is 28.3. The molecule has 0 aromatic rings. The minimum absolute atomic E-state index is 0.00960. The van der Waals surface area contributed by atoms with Crippen LogP contribution >= 0.6 is 0 Å². The Morgan fingerprint density at radius 3 is 1.69 bits per heavy atom. The predicted octanol–water partition coefficient (Wildman–Crippen LogP) is 5.41. The highest BCUT2D eigenvalue weighted by atomic mass is 19.4. The molecule has 210 valence electrons. The van der Waals surface area contributed by atoms with E-state index in [0.29, 0.717) is 40.7 Å². The van der Waals surface area contributed by atoms with Crippen molar-refractivity contribution in [1.82, 2.24) is 5.32 Å². The van der Waals surface area contributed by atoms with Crippen molar-refractivity contribution in [1.29, 1.82) is 0 Å². The van der Waals surface area contributed by atoms with Gasteiger partial charge in [-0.1, -0.05) is 0 Å². The van der Waals surface area contributed by atoms with Crippen LogP contribution in [0.5, 0.6) is 0 Å². The van der Waals surface area contributed by atoms with Gasteiger partial charge in [0.25, 0.3) is 5.91 Å². The van der Waals surface area contributed by atoms with Gasteiger partial charge in [0.15, 0.2) is 0 Å². The zero-order valence-electron chi connectivity index (χ0n) is 21.4. The minimum atomic E-state index is -5.87. The number of ether oxygens (including phenoxy) is 2. The van der Waals surface area contributed by atoms with Crippen LogP contribution in [0.4, 0.5) is 35.1 Å². The van der Waals surface area contributed by atoms with Crippen LogP contribution in [0.25, 0.3) is 0 Å². The largest absolute Gasteiger partial charge is 0.434 e. The molecule has 0 rings (SSSR count). The van der Waals surface area contributed by atoms with Gasteiger partial charge in [0.1, 0.15) is 17.2 Å². The van der Waals surface area contributed by atoms with Crippen LogP contribution in [0.3, 0.4) is 0 Å². The molecule has 0 spiro atoms. The van der Waals surface area contributed by atoms with Crippen LogP contribution < -0.4 is 11.1 Å². The Kier molecular flexibility index (Phi) is 10.7. The first-order valence-corrected chi connectivity index (χ1v) is 11.1. The molecule has 2 atom stereocenters. The molecule has 0 aliphatic rings. The number of nitrogens with two attached hydrogens (primary N) is 1. The highest BCUT2D eigenvalue weighted by Crippen LogP contribution is 2.46. The number of rotatable bonds is 13. The summed E-state index contributed by atoms with van der Waals surface area (Å²) >= 11 is 0. The third-order valence-electron chi connectivity index (χ3n) is 5.79. The fraction of sp³-hybridized carbons (Fsp3) is 0.955. The molecule has 2 unspecified atom stereocenters. The van der Waals surface area contributed by atoms with Gasteiger partial charge in [-0.3, -0.25) is 4.79 Å². The van der Waals surface area contributed by atoms with Crippen molar-refractivity contribution in [3.8, 4) is 0 Å². The Labute approximate surface area is 201 Å². The molecule has 5 nitrogen and oxygen atoms in total. The van der Waals surface area contributed by atoms with Crippen LogP contribution in [0.2, 0.25) is 0 Å². The Hall–Kier alpha value is -1.21. The van der Waals surface area contributed by atoms with Crippen LogP contribution in [0, 0.1) is 5.92 Å². The molecule has 0 aliphatic heterocycles. The summed E-state index contributed by atoms with van der Waals surface area (Å²) in [5.41, 5.74) is -7.39. The first-order chi connectivity index (χ1) is 15.2. The van der Waals surface area contributed by atoms with Gasteiger partial charge in [0.2, 0.25) is 0 Å². The van der Waals surface area contributed by atoms with E-state index in [1.54, 1.807) is 13.8 Å². The van der Waals surface area contributed by atoms with Crippen molar-refractivity contribution in [3.63, 3.8) is 0 Å². The molecule has 0 aliphatic carbocycles. The van der Waals surface area contributed by atoms with E-state index < -0.39 is 58.9 Å². The lowest BCUT2D eigenvalue weighted by molar-refractivity contribution is -0.290. The van der Waals surface area contributed by atoms with Gasteiger partial charge in [-0.2, -0.15) is 26.3 Å². The summed E-state index contributed by atoms with van der Waals surface area (Å²) in [5.74, 6) is -5.01. The number of nitrogens with one attached hydrogen (secondary N) is 1. The Balaban J connectivity index is 5.77. The van der Waals surface area contributed by atoms with Gasteiger partial charge in [0.05, 0.1) is 12.2 Å². The molecule has 0 aromatic heterocycles. The van der Waals surface area contributed by atoms with Crippen molar-refractivity contribution in [3.05, 3.63) is 0 Å². The normalized spacial score (nSPS) is 17.2. The first kappa shape index (κ1) is 33.8.